The molecule has 0 amide bonds. The second-order valence-corrected chi connectivity index (χ2v) is 4.20. The van der Waals surface area contributed by atoms with Crippen LogP contribution in [0.3, 0.4) is 0 Å². The van der Waals surface area contributed by atoms with Crippen LogP contribution in [0.15, 0.2) is 0 Å². The maximum absolute atomic E-state index is 11.0. The number of esters is 1. The fourth-order valence-electron chi connectivity index (χ4n) is 1.03. The minimum atomic E-state index is -1.01. The minimum absolute atomic E-state index is 0.104. The second kappa shape index (κ2) is 11.0. The van der Waals surface area contributed by atoms with Gasteiger partial charge in [-0.2, -0.15) is 0 Å². The topological polar surface area (TPSA) is 82.1 Å². The van der Waals surface area contributed by atoms with Gasteiger partial charge in [0, 0.05) is 6.61 Å². The highest BCUT2D eigenvalue weighted by molar-refractivity contribution is 5.76. The van der Waals surface area contributed by atoms with E-state index in [-0.39, 0.29) is 19.4 Å². The summed E-state index contributed by atoms with van der Waals surface area (Å²) in [5.74, 6) is -1.03. The molecule has 0 heterocycles. The quantitative estimate of drug-likeness (QED) is 0.443. The Bertz CT molecular complexity index is 239. The number of hydrogen-bond donors (Lipinski definition) is 1. The van der Waals surface area contributed by atoms with Gasteiger partial charge in [0.25, 0.3) is 0 Å². The van der Waals surface area contributed by atoms with Gasteiger partial charge in [-0.05, 0) is 5.92 Å². The summed E-state index contributed by atoms with van der Waals surface area (Å²) in [7, 11) is 0. The van der Waals surface area contributed by atoms with Crippen LogP contribution >= 0.6 is 0 Å². The number of hydrogen-bond acceptors (Lipinski definition) is 5. The summed E-state index contributed by atoms with van der Waals surface area (Å²) in [6.07, 6.45) is -0.310. The molecule has 0 unspecified atom stereocenters. The second-order valence-electron chi connectivity index (χ2n) is 4.20. The summed E-state index contributed by atoms with van der Waals surface area (Å²) in [4.78, 5) is 21.2. The lowest BCUT2D eigenvalue weighted by molar-refractivity contribution is -0.149. The van der Waals surface area contributed by atoms with E-state index in [1.165, 1.54) is 0 Å². The molecule has 0 radical (unpaired) electrons. The van der Waals surface area contributed by atoms with Gasteiger partial charge in [-0.25, -0.2) is 0 Å². The molecular weight excluding hydrogens is 240 g/mol. The van der Waals surface area contributed by atoms with Crippen molar-refractivity contribution in [3.05, 3.63) is 0 Å². The zero-order valence-corrected chi connectivity index (χ0v) is 11.0. The highest BCUT2D eigenvalue weighted by atomic mass is 16.6. The van der Waals surface area contributed by atoms with Crippen molar-refractivity contribution in [2.45, 2.75) is 26.7 Å². The van der Waals surface area contributed by atoms with Crippen LogP contribution in [0.2, 0.25) is 0 Å². The first-order valence-corrected chi connectivity index (χ1v) is 6.05. The van der Waals surface area contributed by atoms with Gasteiger partial charge in [-0.1, -0.05) is 13.8 Å². The first-order chi connectivity index (χ1) is 8.52. The number of carboxylic acid groups (broad SMARTS) is 1. The molecule has 1 N–H and O–H groups in total. The SMILES string of the molecule is CC(C)COCCOCCOC(=O)CCC(=O)O. The molecule has 0 aliphatic rings. The van der Waals surface area contributed by atoms with Crippen LogP contribution in [0.4, 0.5) is 0 Å². The maximum atomic E-state index is 11.0. The van der Waals surface area contributed by atoms with E-state index in [1.54, 1.807) is 0 Å². The summed E-state index contributed by atoms with van der Waals surface area (Å²) < 4.78 is 15.2. The van der Waals surface area contributed by atoms with E-state index in [1.807, 2.05) is 0 Å². The van der Waals surface area contributed by atoms with Gasteiger partial charge < -0.3 is 19.3 Å². The highest BCUT2D eigenvalue weighted by Gasteiger charge is 2.05. The molecule has 0 rings (SSSR count). The Hall–Kier alpha value is -1.14. The molecule has 6 heteroatoms. The zero-order valence-electron chi connectivity index (χ0n) is 11.0. The Morgan fingerprint density at radius 1 is 1.00 bits per heavy atom. The van der Waals surface area contributed by atoms with E-state index in [4.69, 9.17) is 19.3 Å². The van der Waals surface area contributed by atoms with Crippen molar-refractivity contribution < 1.29 is 28.9 Å². The van der Waals surface area contributed by atoms with E-state index >= 15 is 0 Å². The van der Waals surface area contributed by atoms with Gasteiger partial charge >= 0.3 is 11.9 Å². The molecule has 18 heavy (non-hydrogen) atoms. The van der Waals surface area contributed by atoms with Crippen LogP contribution < -0.4 is 0 Å². The molecular formula is C12H22O6. The summed E-state index contributed by atoms with van der Waals surface area (Å²) in [5.41, 5.74) is 0. The van der Waals surface area contributed by atoms with E-state index in [2.05, 4.69) is 13.8 Å². The minimum Gasteiger partial charge on any atom is -0.481 e. The van der Waals surface area contributed by atoms with Crippen LogP contribution in [-0.2, 0) is 23.8 Å². The largest absolute Gasteiger partial charge is 0.481 e. The highest BCUT2D eigenvalue weighted by Crippen LogP contribution is 1.94. The van der Waals surface area contributed by atoms with Gasteiger partial charge in [0.15, 0.2) is 0 Å². The number of carboxylic acids is 1. The number of rotatable bonds is 11. The van der Waals surface area contributed by atoms with Gasteiger partial charge in [-0.15, -0.1) is 0 Å². The van der Waals surface area contributed by atoms with E-state index < -0.39 is 11.9 Å². The molecule has 0 spiro atoms. The third-order valence-electron chi connectivity index (χ3n) is 1.86. The molecule has 0 aliphatic heterocycles. The van der Waals surface area contributed by atoms with Gasteiger partial charge in [0.2, 0.25) is 0 Å². The maximum Gasteiger partial charge on any atom is 0.306 e. The summed E-state index contributed by atoms with van der Waals surface area (Å²) in [5, 5.41) is 8.35. The lowest BCUT2D eigenvalue weighted by Crippen LogP contribution is -2.14. The Labute approximate surface area is 107 Å². The molecule has 0 saturated heterocycles. The van der Waals surface area contributed by atoms with Crippen LogP contribution in [0, 0.1) is 5.92 Å². The summed E-state index contributed by atoms with van der Waals surface area (Å²) in [6, 6.07) is 0. The third kappa shape index (κ3) is 12.9. The van der Waals surface area contributed by atoms with Crippen LogP contribution in [-0.4, -0.2) is 50.1 Å². The monoisotopic (exact) mass is 262 g/mol. The van der Waals surface area contributed by atoms with Crippen LogP contribution in [0.1, 0.15) is 26.7 Å². The summed E-state index contributed by atoms with van der Waals surface area (Å²) in [6.45, 7) is 6.25. The lowest BCUT2D eigenvalue weighted by atomic mass is 10.2. The first kappa shape index (κ1) is 16.9. The van der Waals surface area contributed by atoms with E-state index in [0.717, 1.165) is 0 Å². The molecule has 6 nitrogen and oxygen atoms in total. The normalized spacial score (nSPS) is 10.6. The molecule has 0 fully saturated rings. The zero-order chi connectivity index (χ0) is 13.8. The predicted octanol–water partition coefficient (Wildman–Crippen LogP) is 1.08. The fraction of sp³-hybridized carbons (Fsp3) is 0.833. The smallest absolute Gasteiger partial charge is 0.306 e. The van der Waals surface area contributed by atoms with Gasteiger partial charge in [-0.3, -0.25) is 9.59 Å². The van der Waals surface area contributed by atoms with Crippen molar-refractivity contribution in [1.29, 1.82) is 0 Å². The Morgan fingerprint density at radius 2 is 1.61 bits per heavy atom. The average molecular weight is 262 g/mol. The Kier molecular flexibility index (Phi) is 10.3. The van der Waals surface area contributed by atoms with E-state index in [0.29, 0.717) is 32.3 Å². The van der Waals surface area contributed by atoms with Crippen molar-refractivity contribution in [3.63, 3.8) is 0 Å². The number of aliphatic carboxylic acids is 1. The predicted molar refractivity (Wildman–Crippen MR) is 64.3 cm³/mol. The standard InChI is InChI=1S/C12H22O6/c1-10(2)9-17-6-5-16-7-8-18-12(15)4-3-11(13)14/h10H,3-9H2,1-2H3,(H,13,14). The van der Waals surface area contributed by atoms with Crippen LogP contribution in [0.25, 0.3) is 0 Å². The van der Waals surface area contributed by atoms with Crippen molar-refractivity contribution in [3.8, 4) is 0 Å². The molecule has 0 aromatic heterocycles. The third-order valence-corrected chi connectivity index (χ3v) is 1.86. The van der Waals surface area contributed by atoms with Crippen molar-refractivity contribution >= 4 is 11.9 Å². The molecule has 0 aliphatic carbocycles. The fourth-order valence-corrected chi connectivity index (χ4v) is 1.03. The lowest BCUT2D eigenvalue weighted by Gasteiger charge is -2.08. The molecule has 0 atom stereocenters. The van der Waals surface area contributed by atoms with E-state index in [9.17, 15) is 9.59 Å². The number of ether oxygens (including phenoxy) is 3. The number of carbonyl (C=O) groups excluding carboxylic acids is 1. The van der Waals surface area contributed by atoms with Gasteiger partial charge in [0.05, 0.1) is 32.7 Å². The average Bonchev–Trinajstić information content (AvgIpc) is 2.29. The van der Waals surface area contributed by atoms with Crippen molar-refractivity contribution in [2.24, 2.45) is 5.92 Å². The molecule has 0 aromatic carbocycles. The Morgan fingerprint density at radius 3 is 2.22 bits per heavy atom. The molecule has 0 saturated carbocycles. The van der Waals surface area contributed by atoms with Crippen molar-refractivity contribution in [2.75, 3.05) is 33.0 Å². The molecule has 106 valence electrons. The van der Waals surface area contributed by atoms with Crippen LogP contribution in [0.5, 0.6) is 0 Å². The Balaban J connectivity index is 3.20. The molecule has 0 bridgehead atoms. The number of carbonyl (C=O) groups is 2. The summed E-state index contributed by atoms with van der Waals surface area (Å²) >= 11 is 0. The first-order valence-electron chi connectivity index (χ1n) is 6.05. The van der Waals surface area contributed by atoms with Gasteiger partial charge in [0.1, 0.15) is 6.61 Å². The molecule has 0 aromatic rings. The van der Waals surface area contributed by atoms with Crippen molar-refractivity contribution in [1.82, 2.24) is 0 Å².